The van der Waals surface area contributed by atoms with Crippen LogP contribution in [0.1, 0.15) is 80.3 Å². The van der Waals surface area contributed by atoms with Gasteiger partial charge in [-0.05, 0) is 19.3 Å². The van der Waals surface area contributed by atoms with Gasteiger partial charge in [-0.3, -0.25) is 14.4 Å². The monoisotopic (exact) mass is 393 g/mol. The molecule has 0 unspecified atom stereocenters. The van der Waals surface area contributed by atoms with Crippen LogP contribution < -0.4 is 16.0 Å². The largest absolute Gasteiger partial charge is 0.481 e. The van der Waals surface area contributed by atoms with E-state index in [9.17, 15) is 14.4 Å². The van der Waals surface area contributed by atoms with Gasteiger partial charge in [-0.2, -0.15) is 0 Å². The second-order valence-corrected chi connectivity index (χ2v) is 6.40. The van der Waals surface area contributed by atoms with Gasteiger partial charge in [0, 0.05) is 26.1 Å². The summed E-state index contributed by atoms with van der Waals surface area (Å²) in [7, 11) is 0. The summed E-state index contributed by atoms with van der Waals surface area (Å²) in [6.07, 6.45) is 3.44. The quantitative estimate of drug-likeness (QED) is 0.355. The zero-order valence-corrected chi connectivity index (χ0v) is 16.9. The number of aliphatic carboxylic acids is 1. The van der Waals surface area contributed by atoms with Gasteiger partial charge in [0.2, 0.25) is 0 Å². The van der Waals surface area contributed by atoms with E-state index in [1.54, 1.807) is 0 Å². The Hall–Kier alpha value is -2.71. The van der Waals surface area contributed by atoms with Crippen LogP contribution in [0.15, 0.2) is 0 Å². The average Bonchev–Trinajstić information content (AvgIpc) is 2.68. The molecule has 0 fully saturated rings. The molecule has 0 spiro atoms. The second-order valence-electron chi connectivity index (χ2n) is 6.40. The zero-order valence-electron chi connectivity index (χ0n) is 16.9. The van der Waals surface area contributed by atoms with E-state index < -0.39 is 11.9 Å². The number of rotatable bonds is 14. The van der Waals surface area contributed by atoms with Crippen LogP contribution in [0.4, 0.5) is 11.6 Å². The van der Waals surface area contributed by atoms with Crippen LogP contribution in [0.5, 0.6) is 0 Å². The zero-order chi connectivity index (χ0) is 20.9. The minimum atomic E-state index is -1.00. The SMILES string of the molecule is CCCCC(=O)c1nc(NCCC)c(C(=O)NCCC(=O)O)nc1NCCC. The molecule has 0 radical (unpaired) electrons. The Bertz CT molecular complexity index is 679. The first kappa shape index (κ1) is 23.3. The molecule has 9 nitrogen and oxygen atoms in total. The summed E-state index contributed by atoms with van der Waals surface area (Å²) in [5, 5.41) is 17.4. The van der Waals surface area contributed by atoms with Crippen LogP contribution in [0, 0.1) is 0 Å². The van der Waals surface area contributed by atoms with E-state index >= 15 is 0 Å². The van der Waals surface area contributed by atoms with Crippen molar-refractivity contribution < 1.29 is 19.5 Å². The predicted octanol–water partition coefficient (Wildman–Crippen LogP) is 2.70. The van der Waals surface area contributed by atoms with E-state index in [0.717, 1.165) is 25.7 Å². The average molecular weight is 393 g/mol. The van der Waals surface area contributed by atoms with E-state index in [1.807, 2.05) is 20.8 Å². The highest BCUT2D eigenvalue weighted by atomic mass is 16.4. The molecule has 0 aliphatic carbocycles. The summed E-state index contributed by atoms with van der Waals surface area (Å²) < 4.78 is 0. The molecular formula is C19H31N5O4. The molecule has 1 amide bonds. The highest BCUT2D eigenvalue weighted by Crippen LogP contribution is 2.21. The number of Topliss-reactive ketones (excluding diaryl/α,β-unsaturated/α-hetero) is 1. The number of anilines is 2. The van der Waals surface area contributed by atoms with Gasteiger partial charge in [0.15, 0.2) is 28.8 Å². The maximum Gasteiger partial charge on any atom is 0.305 e. The number of hydrogen-bond acceptors (Lipinski definition) is 7. The summed E-state index contributed by atoms with van der Waals surface area (Å²) in [6.45, 7) is 7.10. The summed E-state index contributed by atoms with van der Waals surface area (Å²) in [6, 6.07) is 0. The van der Waals surface area contributed by atoms with Gasteiger partial charge < -0.3 is 21.1 Å². The van der Waals surface area contributed by atoms with Gasteiger partial charge in [0.05, 0.1) is 6.42 Å². The number of ketones is 1. The molecule has 0 aliphatic rings. The summed E-state index contributed by atoms with van der Waals surface area (Å²) in [5.74, 6) is -1.13. The van der Waals surface area contributed by atoms with Crippen LogP contribution in [-0.2, 0) is 4.79 Å². The third-order valence-electron chi connectivity index (χ3n) is 3.84. The molecule has 9 heteroatoms. The summed E-state index contributed by atoms with van der Waals surface area (Å²) in [5.41, 5.74) is 0.270. The molecular weight excluding hydrogens is 362 g/mol. The van der Waals surface area contributed by atoms with Gasteiger partial charge >= 0.3 is 5.97 Å². The molecule has 0 atom stereocenters. The Morgan fingerprint density at radius 1 is 0.821 bits per heavy atom. The number of carbonyl (C=O) groups is 3. The Morgan fingerprint density at radius 2 is 1.39 bits per heavy atom. The molecule has 1 heterocycles. The normalized spacial score (nSPS) is 10.4. The number of amides is 1. The fraction of sp³-hybridized carbons (Fsp3) is 0.632. The van der Waals surface area contributed by atoms with Crippen molar-refractivity contribution in [3.05, 3.63) is 11.4 Å². The fourth-order valence-corrected chi connectivity index (χ4v) is 2.34. The fourth-order valence-electron chi connectivity index (χ4n) is 2.34. The van der Waals surface area contributed by atoms with E-state index in [4.69, 9.17) is 5.11 Å². The number of unbranched alkanes of at least 4 members (excludes halogenated alkanes) is 1. The lowest BCUT2D eigenvalue weighted by atomic mass is 10.1. The number of hydrogen-bond donors (Lipinski definition) is 4. The Kier molecular flexibility index (Phi) is 10.5. The molecule has 0 saturated carbocycles. The van der Waals surface area contributed by atoms with Crippen molar-refractivity contribution in [2.45, 2.75) is 59.3 Å². The third kappa shape index (κ3) is 7.50. The first-order valence-electron chi connectivity index (χ1n) is 9.87. The highest BCUT2D eigenvalue weighted by molar-refractivity contribution is 6.02. The number of nitrogens with one attached hydrogen (secondary N) is 3. The lowest BCUT2D eigenvalue weighted by Gasteiger charge is -2.15. The van der Waals surface area contributed by atoms with Gasteiger partial charge in [0.25, 0.3) is 5.91 Å². The van der Waals surface area contributed by atoms with Crippen molar-refractivity contribution in [3.8, 4) is 0 Å². The first-order valence-corrected chi connectivity index (χ1v) is 9.87. The molecule has 1 aromatic heterocycles. The summed E-state index contributed by atoms with van der Waals surface area (Å²) >= 11 is 0. The third-order valence-corrected chi connectivity index (χ3v) is 3.84. The first-order chi connectivity index (χ1) is 13.4. The van der Waals surface area contributed by atoms with Crippen molar-refractivity contribution in [1.29, 1.82) is 0 Å². The minimum absolute atomic E-state index is 0.0159. The van der Waals surface area contributed by atoms with E-state index in [-0.39, 0.29) is 41.8 Å². The molecule has 0 bridgehead atoms. The lowest BCUT2D eigenvalue weighted by molar-refractivity contribution is -0.136. The van der Waals surface area contributed by atoms with Crippen molar-refractivity contribution in [2.75, 3.05) is 30.3 Å². The molecule has 4 N–H and O–H groups in total. The van der Waals surface area contributed by atoms with Gasteiger partial charge in [-0.15, -0.1) is 0 Å². The predicted molar refractivity (Wildman–Crippen MR) is 108 cm³/mol. The lowest BCUT2D eigenvalue weighted by Crippen LogP contribution is -2.29. The van der Waals surface area contributed by atoms with E-state index in [2.05, 4.69) is 25.9 Å². The maximum absolute atomic E-state index is 12.6. The summed E-state index contributed by atoms with van der Waals surface area (Å²) in [4.78, 5) is 44.6. The molecule has 0 saturated heterocycles. The number of carbonyl (C=O) groups excluding carboxylic acids is 2. The van der Waals surface area contributed by atoms with Crippen molar-refractivity contribution in [1.82, 2.24) is 15.3 Å². The standard InChI is InChI=1S/C19H31N5O4/c1-4-7-8-13(25)15-17(20-10-5-2)24-16(18(23-15)21-11-6-3)19(28)22-12-9-14(26)27/h4-12H2,1-3H3,(H,20,24)(H,21,23)(H,22,28)(H,26,27). The van der Waals surface area contributed by atoms with Crippen LogP contribution in [-0.4, -0.2) is 52.4 Å². The molecule has 1 rings (SSSR count). The van der Waals surface area contributed by atoms with Crippen LogP contribution >= 0.6 is 0 Å². The highest BCUT2D eigenvalue weighted by Gasteiger charge is 2.22. The van der Waals surface area contributed by atoms with Crippen molar-refractivity contribution in [3.63, 3.8) is 0 Å². The van der Waals surface area contributed by atoms with Crippen molar-refractivity contribution in [2.24, 2.45) is 0 Å². The van der Waals surface area contributed by atoms with Crippen molar-refractivity contribution >= 4 is 29.3 Å². The van der Waals surface area contributed by atoms with Crippen LogP contribution in [0.25, 0.3) is 0 Å². The molecule has 1 aromatic rings. The van der Waals surface area contributed by atoms with E-state index in [0.29, 0.717) is 19.5 Å². The smallest absolute Gasteiger partial charge is 0.305 e. The maximum atomic E-state index is 12.6. The Balaban J connectivity index is 3.24. The minimum Gasteiger partial charge on any atom is -0.481 e. The molecule has 0 aromatic carbocycles. The molecule has 28 heavy (non-hydrogen) atoms. The number of carboxylic acids is 1. The van der Waals surface area contributed by atoms with Gasteiger partial charge in [0.1, 0.15) is 0 Å². The second kappa shape index (κ2) is 12.6. The Morgan fingerprint density at radius 3 is 1.93 bits per heavy atom. The topological polar surface area (TPSA) is 133 Å². The number of carboxylic acid groups (broad SMARTS) is 1. The van der Waals surface area contributed by atoms with Crippen LogP contribution in [0.3, 0.4) is 0 Å². The number of aromatic nitrogens is 2. The number of nitrogens with zero attached hydrogens (tertiary/aromatic N) is 2. The molecule has 0 aliphatic heterocycles. The van der Waals surface area contributed by atoms with Gasteiger partial charge in [-0.25, -0.2) is 9.97 Å². The Labute approximate surface area is 165 Å². The molecule has 156 valence electrons. The van der Waals surface area contributed by atoms with Gasteiger partial charge in [-0.1, -0.05) is 27.2 Å². The van der Waals surface area contributed by atoms with Crippen LogP contribution in [0.2, 0.25) is 0 Å². The van der Waals surface area contributed by atoms with E-state index in [1.165, 1.54) is 0 Å².